The summed E-state index contributed by atoms with van der Waals surface area (Å²) in [6.45, 7) is 0.745. The smallest absolute Gasteiger partial charge is 0.235 e. The van der Waals surface area contributed by atoms with Crippen molar-refractivity contribution in [1.82, 2.24) is 19.8 Å². The van der Waals surface area contributed by atoms with E-state index in [0.717, 1.165) is 25.3 Å². The third-order valence-corrected chi connectivity index (χ3v) is 4.42. The molecule has 1 aromatic carbocycles. The molecule has 0 bridgehead atoms. The Morgan fingerprint density at radius 1 is 1.38 bits per heavy atom. The molecule has 1 aliphatic heterocycles. The summed E-state index contributed by atoms with van der Waals surface area (Å²) in [5.74, 6) is 0.832. The Morgan fingerprint density at radius 3 is 3.05 bits per heavy atom. The maximum Gasteiger partial charge on any atom is 0.235 e. The maximum atomic E-state index is 10.0. The fourth-order valence-corrected chi connectivity index (χ4v) is 3.33. The zero-order chi connectivity index (χ0) is 14.4. The van der Waals surface area contributed by atoms with Crippen LogP contribution >= 0.6 is 11.3 Å². The lowest BCUT2D eigenvalue weighted by atomic mass is 10.2. The van der Waals surface area contributed by atoms with Crippen LogP contribution in [0.4, 0.5) is 5.69 Å². The van der Waals surface area contributed by atoms with Crippen LogP contribution in [0.5, 0.6) is 5.75 Å². The van der Waals surface area contributed by atoms with E-state index in [4.69, 9.17) is 10.5 Å². The number of aromatic nitrogens is 4. The lowest BCUT2D eigenvalue weighted by molar-refractivity contribution is 0.103. The van der Waals surface area contributed by atoms with E-state index in [1.165, 1.54) is 17.4 Å². The summed E-state index contributed by atoms with van der Waals surface area (Å²) in [5, 5.41) is 23.5. The molecule has 4 rings (SSSR count). The van der Waals surface area contributed by atoms with Crippen LogP contribution in [0.2, 0.25) is 0 Å². The van der Waals surface area contributed by atoms with Gasteiger partial charge in [0.05, 0.1) is 5.56 Å². The normalized spacial score (nSPS) is 18.6. The number of hydrogen-bond donors (Lipinski definition) is 2. The number of phenols is 1. The predicted octanol–water partition coefficient (Wildman–Crippen LogP) is 1.99. The van der Waals surface area contributed by atoms with E-state index in [1.54, 1.807) is 16.6 Å². The molecule has 0 amide bonds. The topological polar surface area (TPSA) is 98.6 Å². The van der Waals surface area contributed by atoms with E-state index in [-0.39, 0.29) is 11.9 Å². The Bertz CT molecular complexity index is 806. The van der Waals surface area contributed by atoms with E-state index in [9.17, 15) is 5.11 Å². The number of anilines is 1. The minimum absolute atomic E-state index is 0.0463. The Hall–Kier alpha value is -2.19. The van der Waals surface area contributed by atoms with Gasteiger partial charge in [0.2, 0.25) is 4.96 Å². The molecule has 1 unspecified atom stereocenters. The SMILES string of the molecule is Nc1ccc(-c2nn3c(C4CCCO4)nnc3s2)c(O)c1. The number of hydrogen-bond acceptors (Lipinski definition) is 7. The molecule has 1 saturated heterocycles. The first-order valence-corrected chi connectivity index (χ1v) is 7.46. The second kappa shape index (κ2) is 4.68. The molecule has 21 heavy (non-hydrogen) atoms. The molecule has 0 aliphatic carbocycles. The van der Waals surface area contributed by atoms with Crippen molar-refractivity contribution >= 4 is 22.0 Å². The number of benzene rings is 1. The number of aromatic hydroxyl groups is 1. The highest BCUT2D eigenvalue weighted by Crippen LogP contribution is 2.35. The lowest BCUT2D eigenvalue weighted by Gasteiger charge is -2.04. The standard InChI is InChI=1S/C13H13N5O2S/c14-7-3-4-8(9(19)6-7)12-17-18-11(10-2-1-5-20-10)15-16-13(18)21-12/h3-4,6,10,19H,1-2,5,14H2. The molecule has 0 saturated carbocycles. The van der Waals surface area contributed by atoms with Crippen LogP contribution in [0.1, 0.15) is 24.8 Å². The van der Waals surface area contributed by atoms with Gasteiger partial charge in [0.1, 0.15) is 11.9 Å². The van der Waals surface area contributed by atoms with E-state index in [2.05, 4.69) is 15.3 Å². The number of nitrogens with two attached hydrogens (primary N) is 1. The molecule has 0 radical (unpaired) electrons. The molecule has 3 aromatic rings. The molecule has 2 aromatic heterocycles. The largest absolute Gasteiger partial charge is 0.507 e. The van der Waals surface area contributed by atoms with Gasteiger partial charge in [-0.25, -0.2) is 0 Å². The molecule has 1 atom stereocenters. The quantitative estimate of drug-likeness (QED) is 0.702. The zero-order valence-electron chi connectivity index (χ0n) is 11.1. The van der Waals surface area contributed by atoms with Gasteiger partial charge in [-0.3, -0.25) is 0 Å². The van der Waals surface area contributed by atoms with Gasteiger partial charge in [0.25, 0.3) is 0 Å². The van der Waals surface area contributed by atoms with E-state index in [0.29, 0.717) is 21.2 Å². The number of nitrogens with zero attached hydrogens (tertiary/aromatic N) is 4. The van der Waals surface area contributed by atoms with Crippen molar-refractivity contribution in [2.75, 3.05) is 12.3 Å². The van der Waals surface area contributed by atoms with E-state index >= 15 is 0 Å². The summed E-state index contributed by atoms with van der Waals surface area (Å²) in [6, 6.07) is 5.00. The van der Waals surface area contributed by atoms with Crippen LogP contribution in [0.3, 0.4) is 0 Å². The van der Waals surface area contributed by atoms with Gasteiger partial charge >= 0.3 is 0 Å². The first-order chi connectivity index (χ1) is 10.2. The third-order valence-electron chi connectivity index (χ3n) is 3.48. The van der Waals surface area contributed by atoms with Crippen LogP contribution in [-0.4, -0.2) is 31.5 Å². The molecule has 1 fully saturated rings. The summed E-state index contributed by atoms with van der Waals surface area (Å²) in [6.07, 6.45) is 1.91. The van der Waals surface area contributed by atoms with Gasteiger partial charge in [-0.1, -0.05) is 11.3 Å². The van der Waals surface area contributed by atoms with Gasteiger partial charge < -0.3 is 15.6 Å². The second-order valence-corrected chi connectivity index (χ2v) is 5.89. The Morgan fingerprint density at radius 2 is 2.29 bits per heavy atom. The second-order valence-electron chi connectivity index (χ2n) is 4.94. The molecule has 108 valence electrons. The summed E-state index contributed by atoms with van der Waals surface area (Å²) >= 11 is 1.37. The Kier molecular flexibility index (Phi) is 2.79. The number of rotatable bonds is 2. The van der Waals surface area contributed by atoms with Crippen LogP contribution in [0.15, 0.2) is 18.2 Å². The van der Waals surface area contributed by atoms with Crippen molar-refractivity contribution in [2.24, 2.45) is 0 Å². The highest BCUT2D eigenvalue weighted by atomic mass is 32.1. The molecular formula is C13H13N5O2S. The van der Waals surface area contributed by atoms with Crippen molar-refractivity contribution in [1.29, 1.82) is 0 Å². The summed E-state index contributed by atoms with van der Waals surface area (Å²) < 4.78 is 7.34. The molecule has 3 heterocycles. The minimum atomic E-state index is -0.0463. The van der Waals surface area contributed by atoms with E-state index < -0.39 is 0 Å². The molecule has 7 nitrogen and oxygen atoms in total. The summed E-state index contributed by atoms with van der Waals surface area (Å²) in [7, 11) is 0. The van der Waals surface area contributed by atoms with Crippen LogP contribution < -0.4 is 5.73 Å². The van der Waals surface area contributed by atoms with Crippen molar-refractivity contribution in [3.63, 3.8) is 0 Å². The first-order valence-electron chi connectivity index (χ1n) is 6.65. The highest BCUT2D eigenvalue weighted by Gasteiger charge is 2.25. The predicted molar refractivity (Wildman–Crippen MR) is 78.1 cm³/mol. The first kappa shape index (κ1) is 12.5. The number of fused-ring (bicyclic) bond motifs is 1. The fraction of sp³-hybridized carbons (Fsp3) is 0.308. The molecule has 0 spiro atoms. The van der Waals surface area contributed by atoms with Crippen molar-refractivity contribution in [3.8, 4) is 16.3 Å². The van der Waals surface area contributed by atoms with Crippen molar-refractivity contribution in [2.45, 2.75) is 18.9 Å². The van der Waals surface area contributed by atoms with E-state index in [1.807, 2.05) is 0 Å². The number of nitrogen functional groups attached to an aromatic ring is 1. The van der Waals surface area contributed by atoms with Crippen LogP contribution in [-0.2, 0) is 4.74 Å². The molecule has 1 aliphatic rings. The van der Waals surface area contributed by atoms with Gasteiger partial charge in [0, 0.05) is 18.4 Å². The average Bonchev–Trinajstić information content (AvgIpc) is 3.13. The van der Waals surface area contributed by atoms with Gasteiger partial charge in [-0.15, -0.1) is 10.2 Å². The number of ether oxygens (including phenoxy) is 1. The monoisotopic (exact) mass is 303 g/mol. The summed E-state index contributed by atoms with van der Waals surface area (Å²) in [5.41, 5.74) is 6.80. The highest BCUT2D eigenvalue weighted by molar-refractivity contribution is 7.19. The average molecular weight is 303 g/mol. The number of phenolic OH excluding ortho intramolecular Hbond substituents is 1. The molecular weight excluding hydrogens is 290 g/mol. The summed E-state index contributed by atoms with van der Waals surface area (Å²) in [4.78, 5) is 0.687. The van der Waals surface area contributed by atoms with Crippen molar-refractivity contribution < 1.29 is 9.84 Å². The van der Waals surface area contributed by atoms with Crippen LogP contribution in [0.25, 0.3) is 15.5 Å². The zero-order valence-corrected chi connectivity index (χ0v) is 11.9. The van der Waals surface area contributed by atoms with Crippen molar-refractivity contribution in [3.05, 3.63) is 24.0 Å². The third kappa shape index (κ3) is 2.03. The maximum absolute atomic E-state index is 10.0. The van der Waals surface area contributed by atoms with Gasteiger partial charge in [0.15, 0.2) is 10.8 Å². The molecule has 8 heteroatoms. The van der Waals surface area contributed by atoms with Crippen LogP contribution in [0, 0.1) is 0 Å². The van der Waals surface area contributed by atoms with Gasteiger partial charge in [-0.05, 0) is 25.0 Å². The fourth-order valence-electron chi connectivity index (χ4n) is 2.45. The minimum Gasteiger partial charge on any atom is -0.507 e. The lowest BCUT2D eigenvalue weighted by Crippen LogP contribution is -2.03. The molecule has 3 N–H and O–H groups in total. The Balaban J connectivity index is 1.80. The Labute approximate surface area is 124 Å². The van der Waals surface area contributed by atoms with Gasteiger partial charge in [-0.2, -0.15) is 9.61 Å².